The molecule has 0 fully saturated rings. The lowest BCUT2D eigenvalue weighted by Crippen LogP contribution is -2.03. The number of aryl methyl sites for hydroxylation is 2. The van der Waals surface area contributed by atoms with Crippen molar-refractivity contribution < 1.29 is 19.1 Å². The molecule has 0 spiro atoms. The molecule has 0 unspecified atom stereocenters. The lowest BCUT2D eigenvalue weighted by Gasteiger charge is -2.13. The largest absolute Gasteiger partial charge is 0.478 e. The molecule has 2 aromatic heterocycles. The van der Waals surface area contributed by atoms with Gasteiger partial charge in [-0.3, -0.25) is 0 Å². The first-order chi connectivity index (χ1) is 15.0. The number of nitrogens with zero attached hydrogens (tertiary/aromatic N) is 1. The third-order valence-electron chi connectivity index (χ3n) is 5.40. The molecule has 5 nitrogen and oxygen atoms in total. The summed E-state index contributed by atoms with van der Waals surface area (Å²) in [5.74, 6) is 0.594. The van der Waals surface area contributed by atoms with Crippen molar-refractivity contribution in [2.45, 2.75) is 13.8 Å². The van der Waals surface area contributed by atoms with Gasteiger partial charge in [-0.05, 0) is 49.7 Å². The predicted octanol–water partition coefficient (Wildman–Crippen LogP) is 6.76. The van der Waals surface area contributed by atoms with E-state index in [0.29, 0.717) is 33.9 Å². The molecule has 2 heterocycles. The zero-order chi connectivity index (χ0) is 21.5. The summed E-state index contributed by atoms with van der Waals surface area (Å²) < 4.78 is 12.1. The van der Waals surface area contributed by atoms with Gasteiger partial charge < -0.3 is 14.3 Å². The van der Waals surface area contributed by atoms with Crippen LogP contribution in [0.5, 0.6) is 11.5 Å². The molecule has 5 aromatic rings. The number of carboxylic acids is 1. The number of rotatable bonds is 4. The summed E-state index contributed by atoms with van der Waals surface area (Å²) in [6, 6.07) is 22.2. The van der Waals surface area contributed by atoms with E-state index in [-0.39, 0.29) is 5.56 Å². The molecule has 152 valence electrons. The molecule has 31 heavy (non-hydrogen) atoms. The second-order valence-electron chi connectivity index (χ2n) is 7.43. The lowest BCUT2D eigenvalue weighted by molar-refractivity contribution is 0.0699. The Balaban J connectivity index is 1.77. The molecular formula is C26H19NO4. The first-order valence-corrected chi connectivity index (χ1v) is 9.92. The van der Waals surface area contributed by atoms with Gasteiger partial charge in [-0.25, -0.2) is 9.78 Å². The summed E-state index contributed by atoms with van der Waals surface area (Å²) >= 11 is 0. The fourth-order valence-corrected chi connectivity index (χ4v) is 3.85. The molecule has 1 N–H and O–H groups in total. The number of aromatic nitrogens is 1. The predicted molar refractivity (Wildman–Crippen MR) is 120 cm³/mol. The standard InChI is InChI=1S/C26H19NO4/c1-15-12-13-22(30-17-8-4-3-5-9-17)23-19(26(28)29)14-20(27-24(15)23)25-16(2)18-10-6-7-11-21(18)31-25/h3-14H,1-2H3,(H,28,29). The SMILES string of the molecule is Cc1c(-c2cc(C(=O)O)c3c(Oc4ccccc4)ccc(C)c3n2)oc2ccccc12. The Hall–Kier alpha value is -4.12. The van der Waals surface area contributed by atoms with Crippen molar-refractivity contribution >= 4 is 27.8 Å². The number of hydrogen-bond acceptors (Lipinski definition) is 4. The van der Waals surface area contributed by atoms with Gasteiger partial charge in [0.2, 0.25) is 0 Å². The highest BCUT2D eigenvalue weighted by Gasteiger charge is 2.21. The van der Waals surface area contributed by atoms with Gasteiger partial charge in [-0.15, -0.1) is 0 Å². The number of fused-ring (bicyclic) bond motifs is 2. The van der Waals surface area contributed by atoms with E-state index in [1.807, 2.05) is 74.5 Å². The van der Waals surface area contributed by atoms with Crippen molar-refractivity contribution in [3.8, 4) is 23.0 Å². The van der Waals surface area contributed by atoms with E-state index in [2.05, 4.69) is 0 Å². The van der Waals surface area contributed by atoms with E-state index >= 15 is 0 Å². The van der Waals surface area contributed by atoms with Gasteiger partial charge in [0, 0.05) is 10.9 Å². The molecule has 0 saturated carbocycles. The van der Waals surface area contributed by atoms with Crippen molar-refractivity contribution in [2.24, 2.45) is 0 Å². The molecule has 3 aromatic carbocycles. The molecule has 0 atom stereocenters. The number of para-hydroxylation sites is 2. The highest BCUT2D eigenvalue weighted by Crippen LogP contribution is 2.38. The van der Waals surface area contributed by atoms with Crippen molar-refractivity contribution in [3.63, 3.8) is 0 Å². The highest BCUT2D eigenvalue weighted by atomic mass is 16.5. The van der Waals surface area contributed by atoms with E-state index < -0.39 is 5.97 Å². The molecular weight excluding hydrogens is 390 g/mol. The van der Waals surface area contributed by atoms with Gasteiger partial charge in [0.05, 0.1) is 16.5 Å². The molecule has 0 aliphatic carbocycles. The van der Waals surface area contributed by atoms with Crippen LogP contribution in [0, 0.1) is 13.8 Å². The third-order valence-corrected chi connectivity index (χ3v) is 5.40. The lowest BCUT2D eigenvalue weighted by atomic mass is 10.0. The van der Waals surface area contributed by atoms with Gasteiger partial charge in [0.1, 0.15) is 22.8 Å². The van der Waals surface area contributed by atoms with Gasteiger partial charge >= 0.3 is 5.97 Å². The zero-order valence-corrected chi connectivity index (χ0v) is 17.0. The van der Waals surface area contributed by atoms with E-state index in [1.54, 1.807) is 12.1 Å². The van der Waals surface area contributed by atoms with Gasteiger partial charge in [0.15, 0.2) is 5.76 Å². The number of ether oxygens (including phenoxy) is 1. The van der Waals surface area contributed by atoms with E-state index in [0.717, 1.165) is 22.1 Å². The average molecular weight is 409 g/mol. The van der Waals surface area contributed by atoms with Crippen molar-refractivity contribution in [2.75, 3.05) is 0 Å². The average Bonchev–Trinajstić information content (AvgIpc) is 3.12. The quantitative estimate of drug-likeness (QED) is 0.355. The van der Waals surface area contributed by atoms with Crippen LogP contribution in [0.3, 0.4) is 0 Å². The minimum atomic E-state index is -1.05. The second-order valence-corrected chi connectivity index (χ2v) is 7.43. The maximum Gasteiger partial charge on any atom is 0.336 e. The van der Waals surface area contributed by atoms with E-state index in [1.165, 1.54) is 0 Å². The maximum atomic E-state index is 12.3. The Labute approximate surface area is 178 Å². The maximum absolute atomic E-state index is 12.3. The fourth-order valence-electron chi connectivity index (χ4n) is 3.85. The molecule has 0 amide bonds. The number of furan rings is 1. The van der Waals surface area contributed by atoms with Crippen molar-refractivity contribution in [1.82, 2.24) is 4.98 Å². The molecule has 0 radical (unpaired) electrons. The van der Waals surface area contributed by atoms with Crippen LogP contribution in [0.2, 0.25) is 0 Å². The van der Waals surface area contributed by atoms with Crippen LogP contribution in [-0.2, 0) is 0 Å². The smallest absolute Gasteiger partial charge is 0.336 e. The zero-order valence-electron chi connectivity index (χ0n) is 17.0. The van der Waals surface area contributed by atoms with Crippen LogP contribution in [0.25, 0.3) is 33.3 Å². The Kier molecular flexibility index (Phi) is 4.44. The minimum absolute atomic E-state index is 0.120. The highest BCUT2D eigenvalue weighted by molar-refractivity contribution is 6.07. The summed E-state index contributed by atoms with van der Waals surface area (Å²) in [5, 5.41) is 11.5. The van der Waals surface area contributed by atoms with Crippen LogP contribution >= 0.6 is 0 Å². The number of carboxylic acid groups (broad SMARTS) is 1. The topological polar surface area (TPSA) is 72.6 Å². The third kappa shape index (κ3) is 3.20. The summed E-state index contributed by atoms with van der Waals surface area (Å²) in [7, 11) is 0. The van der Waals surface area contributed by atoms with Gasteiger partial charge in [-0.2, -0.15) is 0 Å². The monoisotopic (exact) mass is 409 g/mol. The molecule has 0 saturated heterocycles. The summed E-state index contributed by atoms with van der Waals surface area (Å²) in [6.45, 7) is 3.86. The Morgan fingerprint density at radius 3 is 2.45 bits per heavy atom. The van der Waals surface area contributed by atoms with E-state index in [9.17, 15) is 9.90 Å². The molecule has 0 bridgehead atoms. The van der Waals surface area contributed by atoms with Crippen LogP contribution in [0.1, 0.15) is 21.5 Å². The summed E-state index contributed by atoms with van der Waals surface area (Å²) in [5.41, 5.74) is 3.70. The Morgan fingerprint density at radius 2 is 1.71 bits per heavy atom. The van der Waals surface area contributed by atoms with Crippen LogP contribution < -0.4 is 4.74 Å². The number of carbonyl (C=O) groups is 1. The normalized spacial score (nSPS) is 11.2. The number of pyridine rings is 1. The van der Waals surface area contributed by atoms with Crippen LogP contribution in [0.4, 0.5) is 0 Å². The first-order valence-electron chi connectivity index (χ1n) is 9.92. The van der Waals surface area contributed by atoms with Crippen molar-refractivity contribution in [3.05, 3.63) is 89.5 Å². The van der Waals surface area contributed by atoms with Crippen LogP contribution in [-0.4, -0.2) is 16.1 Å². The minimum Gasteiger partial charge on any atom is -0.478 e. The number of hydrogen-bond donors (Lipinski definition) is 1. The van der Waals surface area contributed by atoms with Gasteiger partial charge in [-0.1, -0.05) is 42.5 Å². The van der Waals surface area contributed by atoms with Gasteiger partial charge in [0.25, 0.3) is 0 Å². The Bertz CT molecular complexity index is 1450. The fraction of sp³-hybridized carbons (Fsp3) is 0.0769. The Morgan fingerprint density at radius 1 is 0.968 bits per heavy atom. The first kappa shape index (κ1) is 18.9. The summed E-state index contributed by atoms with van der Waals surface area (Å²) in [4.78, 5) is 17.1. The van der Waals surface area contributed by atoms with E-state index in [4.69, 9.17) is 14.1 Å². The molecule has 0 aliphatic rings. The molecule has 5 heteroatoms. The van der Waals surface area contributed by atoms with Crippen molar-refractivity contribution in [1.29, 1.82) is 0 Å². The second kappa shape index (κ2) is 7.29. The molecule has 5 rings (SSSR count). The molecule has 0 aliphatic heterocycles. The van der Waals surface area contributed by atoms with Crippen LogP contribution in [0.15, 0.2) is 77.2 Å². The summed E-state index contributed by atoms with van der Waals surface area (Å²) in [6.07, 6.45) is 0. The number of benzene rings is 3. The number of aromatic carboxylic acids is 1.